The van der Waals surface area contributed by atoms with E-state index in [9.17, 15) is 33.2 Å². The highest BCUT2D eigenvalue weighted by Gasteiger charge is 2.30. The molecule has 1 aliphatic carbocycles. The van der Waals surface area contributed by atoms with Crippen LogP contribution < -0.4 is 19.9 Å². The van der Waals surface area contributed by atoms with E-state index in [0.29, 0.717) is 98.9 Å². The maximum atomic E-state index is 13.9. The van der Waals surface area contributed by atoms with Crippen molar-refractivity contribution in [2.24, 2.45) is 5.92 Å². The van der Waals surface area contributed by atoms with E-state index in [2.05, 4.69) is 102 Å². The highest BCUT2D eigenvalue weighted by Crippen LogP contribution is 2.39. The third-order valence-electron chi connectivity index (χ3n) is 23.2. The van der Waals surface area contributed by atoms with Gasteiger partial charge in [-0.05, 0) is 216 Å². The average Bonchev–Trinajstić information content (AvgIpc) is 1.63. The Balaban J connectivity index is 0.000000138. The molecule has 2 N–H and O–H groups in total. The summed E-state index contributed by atoms with van der Waals surface area (Å²) in [6, 6.07) is 68.0. The van der Waals surface area contributed by atoms with Crippen LogP contribution in [-0.4, -0.2) is 134 Å². The number of piperazine rings is 1. The summed E-state index contributed by atoms with van der Waals surface area (Å²) in [6.45, 7) is 10.5. The van der Waals surface area contributed by atoms with E-state index < -0.39 is 5.97 Å². The van der Waals surface area contributed by atoms with Gasteiger partial charge in [-0.25, -0.2) is 34.1 Å². The summed E-state index contributed by atoms with van der Waals surface area (Å²) < 4.78 is 39.0. The van der Waals surface area contributed by atoms with Crippen molar-refractivity contribution in [2.45, 2.75) is 97.4 Å². The van der Waals surface area contributed by atoms with Crippen LogP contribution in [0.1, 0.15) is 118 Å². The Kier molecular flexibility index (Phi) is 26.6. The van der Waals surface area contributed by atoms with Crippen molar-refractivity contribution < 1.29 is 56.9 Å². The molecule has 0 radical (unpaired) electrons. The number of methoxy groups -OCH3 is 1. The first-order valence-corrected chi connectivity index (χ1v) is 43.4. The standard InChI is InChI=1S/C36H34N2O4S.C33H29N3O5.C32H28FN5O2S/c1-24-31-21-28(27-8-4-3-5-9-27)12-13-33(31)43-35(24)32(39)20-25-11-14-34(37-22-25)38-17-15-30(16-18-38)42-23-26-7-6-10-29(19-26)36(40)41-2;1-20-27-17-23(21-5-3-2-4-6-21)9-15-29(27)41-31(20)32(37)36-25-11-14-28(34-19-25)24-10-16-30(35-18-24)40-26-12-7-22(8-13-26)33(38)39;1-21-26-15-23(25-18-34-20-35-19-25)7-8-29(26)41-32(21)28(39)14-22-6-9-30(36-17-22)37-10-12-38(13-11-37)31(40)16-24-4-2-3-5-27(24)33/h3-14,19,21-22,30H,15-18,20,23H2,1-2H3;2-6,9-11,14-19,22,26H,7-8,12-13H2,1H3,(H,36,37)(H,38,39);2-9,15,17-20H,10-14,16H2,1H3. The zero-order chi connectivity index (χ0) is 86.5. The number of pyridine rings is 4. The molecule has 3 fully saturated rings. The zero-order valence-electron chi connectivity index (χ0n) is 69.5. The fourth-order valence-electron chi connectivity index (χ4n) is 16.1. The quantitative estimate of drug-likeness (QED) is 0.0445. The molecule has 125 heavy (non-hydrogen) atoms. The molecule has 3 aliphatic rings. The minimum atomic E-state index is -0.730. The largest absolute Gasteiger partial charge is 0.481 e. The molecule has 0 unspecified atom stereocenters. The first-order valence-electron chi connectivity index (χ1n) is 41.7. The van der Waals surface area contributed by atoms with Crippen molar-refractivity contribution in [3.63, 3.8) is 0 Å². The molecule has 7 aromatic carbocycles. The predicted octanol–water partition coefficient (Wildman–Crippen LogP) is 20.3. The number of thiophene rings is 2. The molecule has 15 aromatic rings. The molecule has 8 aromatic heterocycles. The number of esters is 1. The van der Waals surface area contributed by atoms with Crippen LogP contribution in [0, 0.1) is 32.5 Å². The lowest BCUT2D eigenvalue weighted by Gasteiger charge is -2.35. The Hall–Kier alpha value is -13.8. The molecule has 1 saturated carbocycles. The van der Waals surface area contributed by atoms with Gasteiger partial charge in [0, 0.05) is 121 Å². The number of aliphatic carboxylic acids is 1. The maximum Gasteiger partial charge on any atom is 0.337 e. The van der Waals surface area contributed by atoms with E-state index in [1.165, 1.54) is 36.4 Å². The van der Waals surface area contributed by atoms with Gasteiger partial charge in [0.05, 0.1) is 65.1 Å². The first kappa shape index (κ1) is 84.8. The number of carbonyl (C=O) groups is 6. The minimum absolute atomic E-state index is 0.0220. The van der Waals surface area contributed by atoms with Crippen molar-refractivity contribution in [3.05, 3.63) is 322 Å². The number of halogens is 1. The number of carbonyl (C=O) groups excluding carboxylic acids is 5. The van der Waals surface area contributed by atoms with Crippen LogP contribution in [0.5, 0.6) is 5.88 Å². The summed E-state index contributed by atoms with van der Waals surface area (Å²) in [7, 11) is 1.38. The highest BCUT2D eigenvalue weighted by atomic mass is 32.1. The van der Waals surface area contributed by atoms with Crippen LogP contribution in [0.4, 0.5) is 21.7 Å². The van der Waals surface area contributed by atoms with Crippen molar-refractivity contribution >= 4 is 106 Å². The Labute approximate surface area is 730 Å². The summed E-state index contributed by atoms with van der Waals surface area (Å²) in [6.07, 6.45) is 17.2. The molecule has 2 amide bonds. The number of anilines is 3. The van der Waals surface area contributed by atoms with Crippen LogP contribution in [0.15, 0.2) is 260 Å². The van der Waals surface area contributed by atoms with E-state index >= 15 is 0 Å². The normalized spacial score (nSPS) is 14.7. The minimum Gasteiger partial charge on any atom is -0.481 e. The first-order chi connectivity index (χ1) is 60.9. The molecule has 21 nitrogen and oxygen atoms in total. The second-order valence-corrected chi connectivity index (χ2v) is 33.5. The van der Waals surface area contributed by atoms with Gasteiger partial charge >= 0.3 is 11.9 Å². The monoisotopic (exact) mass is 1700 g/mol. The van der Waals surface area contributed by atoms with E-state index in [4.69, 9.17) is 28.7 Å². The molecule has 0 spiro atoms. The lowest BCUT2D eigenvalue weighted by molar-refractivity contribution is -0.143. The number of piperidine rings is 1. The number of nitrogens with one attached hydrogen (secondary N) is 1. The van der Waals surface area contributed by atoms with E-state index in [1.54, 1.807) is 83.6 Å². The van der Waals surface area contributed by atoms with Gasteiger partial charge in [-0.2, -0.15) is 0 Å². The van der Waals surface area contributed by atoms with Crippen molar-refractivity contribution in [1.82, 2.24) is 34.8 Å². The maximum absolute atomic E-state index is 13.9. The number of benzene rings is 7. The number of carboxylic acids is 1. The summed E-state index contributed by atoms with van der Waals surface area (Å²) in [5, 5.41) is 15.2. The summed E-state index contributed by atoms with van der Waals surface area (Å²) in [4.78, 5) is 110. The van der Waals surface area contributed by atoms with Gasteiger partial charge in [0.2, 0.25) is 11.8 Å². The summed E-state index contributed by atoms with van der Waals surface area (Å²) >= 11 is 3.10. The number of nitrogens with zero attached hydrogens (tertiary/aromatic N) is 9. The van der Waals surface area contributed by atoms with Gasteiger partial charge in [0.25, 0.3) is 5.91 Å². The number of furan rings is 1. The van der Waals surface area contributed by atoms with Crippen molar-refractivity contribution in [3.8, 4) is 50.5 Å². The number of ether oxygens (including phenoxy) is 3. The average molecular weight is 1700 g/mol. The third-order valence-corrected chi connectivity index (χ3v) is 25.8. The number of carboxylic acid groups (broad SMARTS) is 1. The van der Waals surface area contributed by atoms with Crippen LogP contribution in [0.3, 0.4) is 0 Å². The summed E-state index contributed by atoms with van der Waals surface area (Å²) in [5.74, 6) is 0.612. The Morgan fingerprint density at radius 2 is 1.08 bits per heavy atom. The number of aryl methyl sites for hydroxylation is 3. The molecule has 24 heteroatoms. The molecule has 2 saturated heterocycles. The number of hydrogen-bond donors (Lipinski definition) is 2. The molecular formula is C101H91FN10O11S2. The molecule has 630 valence electrons. The number of rotatable bonds is 23. The molecule has 0 atom stereocenters. The Morgan fingerprint density at radius 1 is 0.496 bits per heavy atom. The molecule has 2 aliphatic heterocycles. The number of aromatic nitrogens is 6. The Morgan fingerprint density at radius 3 is 1.65 bits per heavy atom. The smallest absolute Gasteiger partial charge is 0.337 e. The molecule has 0 bridgehead atoms. The van der Waals surface area contributed by atoms with Gasteiger partial charge in [0.15, 0.2) is 17.3 Å². The molecule has 18 rings (SSSR count). The number of Topliss-reactive ketones (excluding diaryl/α,β-unsaturated/α-hetero) is 2. The van der Waals surface area contributed by atoms with E-state index in [0.717, 1.165) is 140 Å². The van der Waals surface area contributed by atoms with Gasteiger partial charge in [-0.1, -0.05) is 121 Å². The fraction of sp³-hybridized carbons (Fsp3) is 0.228. The van der Waals surface area contributed by atoms with E-state index in [-0.39, 0.29) is 71.9 Å². The van der Waals surface area contributed by atoms with Crippen LogP contribution in [-0.2, 0) is 44.9 Å². The third kappa shape index (κ3) is 20.4. The number of hydrogen-bond acceptors (Lipinski definition) is 20. The van der Waals surface area contributed by atoms with Gasteiger partial charge < -0.3 is 43.8 Å². The molecule has 10 heterocycles. The zero-order valence-corrected chi connectivity index (χ0v) is 71.2. The van der Waals surface area contributed by atoms with Crippen LogP contribution in [0.2, 0.25) is 0 Å². The van der Waals surface area contributed by atoms with E-state index in [1.807, 2.05) is 135 Å². The second-order valence-electron chi connectivity index (χ2n) is 31.4. The topological polar surface area (TPSA) is 263 Å². The highest BCUT2D eigenvalue weighted by molar-refractivity contribution is 7.21. The van der Waals surface area contributed by atoms with Crippen LogP contribution in [0.25, 0.3) is 75.8 Å². The lowest BCUT2D eigenvalue weighted by Crippen LogP contribution is -2.49. The van der Waals surface area contributed by atoms with Gasteiger partial charge in [-0.15, -0.1) is 22.7 Å². The van der Waals surface area contributed by atoms with Gasteiger partial charge in [-0.3, -0.25) is 29.0 Å². The van der Waals surface area contributed by atoms with Gasteiger partial charge in [0.1, 0.15) is 35.5 Å². The number of amides is 2. The van der Waals surface area contributed by atoms with Crippen molar-refractivity contribution in [2.75, 3.05) is 61.5 Å². The second kappa shape index (κ2) is 39.1. The predicted molar refractivity (Wildman–Crippen MR) is 487 cm³/mol. The van der Waals surface area contributed by atoms with Crippen LogP contribution >= 0.6 is 22.7 Å². The fourth-order valence-corrected chi connectivity index (χ4v) is 18.4. The number of fused-ring (bicyclic) bond motifs is 3. The molecular weight excluding hydrogens is 1610 g/mol. The SMILES string of the molecule is COC(=O)c1cccc(COC2CCN(c3ccc(CC(=O)c4sc5ccc(-c6ccccc6)cc5c4C)cn3)CC2)c1.Cc1c(C(=O)Cc2ccc(N3CCN(C(=O)Cc4ccccc4F)CC3)nc2)sc2ccc(-c3cncnc3)cc12.Cc1c(C(=O)Nc2ccc(-c3ccc(OC4CCC(C(=O)O)CC4)nc3)nc2)oc2ccc(-c3ccccc3)cc12. The lowest BCUT2D eigenvalue weighted by atomic mass is 9.87. The van der Waals surface area contributed by atoms with Crippen molar-refractivity contribution in [1.29, 1.82) is 0 Å². The summed E-state index contributed by atoms with van der Waals surface area (Å²) in [5.41, 5.74) is 15.7. The Bertz CT molecular complexity index is 6370. The number of ketones is 2.